The molecule has 1 aromatic rings. The number of nitro benzene ring substituents is 1. The van der Waals surface area contributed by atoms with Crippen molar-refractivity contribution in [1.82, 2.24) is 0 Å². The van der Waals surface area contributed by atoms with Crippen LogP contribution in [0.2, 0.25) is 0 Å². The molecule has 6 heteroatoms. The van der Waals surface area contributed by atoms with E-state index in [1.807, 2.05) is 18.7 Å². The summed E-state index contributed by atoms with van der Waals surface area (Å²) in [5.41, 5.74) is 0.748. The summed E-state index contributed by atoms with van der Waals surface area (Å²) < 4.78 is 5.06. The van der Waals surface area contributed by atoms with E-state index in [0.29, 0.717) is 11.4 Å². The number of rotatable bonds is 7. The van der Waals surface area contributed by atoms with E-state index in [9.17, 15) is 10.1 Å². The van der Waals surface area contributed by atoms with Gasteiger partial charge in [-0.25, -0.2) is 0 Å². The third-order valence-corrected chi connectivity index (χ3v) is 3.47. The Balaban J connectivity index is 2.81. The monoisotopic (exact) mass is 270 g/mol. The summed E-state index contributed by atoms with van der Waals surface area (Å²) >= 11 is 1.83. The van der Waals surface area contributed by atoms with Gasteiger partial charge in [-0.2, -0.15) is 11.8 Å². The highest BCUT2D eigenvalue weighted by Crippen LogP contribution is 2.26. The first-order valence-electron chi connectivity index (χ1n) is 5.74. The predicted molar refractivity (Wildman–Crippen MR) is 75.7 cm³/mol. The molecule has 100 valence electrons. The van der Waals surface area contributed by atoms with Gasteiger partial charge in [-0.3, -0.25) is 10.1 Å². The Morgan fingerprint density at radius 3 is 2.78 bits per heavy atom. The van der Waals surface area contributed by atoms with Crippen LogP contribution in [0.15, 0.2) is 18.2 Å². The molecule has 0 saturated heterocycles. The Morgan fingerprint density at radius 2 is 2.22 bits per heavy atom. The Bertz CT molecular complexity index is 412. The maximum atomic E-state index is 10.8. The van der Waals surface area contributed by atoms with Crippen molar-refractivity contribution in [1.29, 1.82) is 0 Å². The van der Waals surface area contributed by atoms with Crippen LogP contribution in [0.25, 0.3) is 0 Å². The molecule has 0 fully saturated rings. The fraction of sp³-hybridized carbons (Fsp3) is 0.500. The Hall–Kier alpha value is -1.43. The van der Waals surface area contributed by atoms with Gasteiger partial charge in [-0.15, -0.1) is 0 Å². The van der Waals surface area contributed by atoms with E-state index in [-0.39, 0.29) is 11.7 Å². The normalized spacial score (nSPS) is 11.9. The molecule has 0 heterocycles. The fourth-order valence-electron chi connectivity index (χ4n) is 1.51. The van der Waals surface area contributed by atoms with Crippen molar-refractivity contribution in [3.8, 4) is 5.75 Å². The van der Waals surface area contributed by atoms with Crippen LogP contribution in [-0.4, -0.2) is 29.6 Å². The van der Waals surface area contributed by atoms with E-state index >= 15 is 0 Å². The Kier molecular flexibility index (Phi) is 5.77. The van der Waals surface area contributed by atoms with E-state index in [1.54, 1.807) is 6.07 Å². The molecule has 1 unspecified atom stereocenters. The smallest absolute Gasteiger partial charge is 0.275 e. The predicted octanol–water partition coefficient (Wildman–Crippen LogP) is 3.16. The topological polar surface area (TPSA) is 64.4 Å². The first-order chi connectivity index (χ1) is 8.56. The summed E-state index contributed by atoms with van der Waals surface area (Å²) in [6, 6.07) is 4.95. The number of hydrogen-bond donors (Lipinski definition) is 1. The standard InChI is InChI=1S/C12H18N2O3S/c1-4-18-8-9(2)13-10-5-11(14(15)16)7-12(6-10)17-3/h5-7,9,13H,4,8H2,1-3H3. The van der Waals surface area contributed by atoms with Gasteiger partial charge in [0.05, 0.1) is 18.1 Å². The van der Waals surface area contributed by atoms with Gasteiger partial charge < -0.3 is 10.1 Å². The molecular weight excluding hydrogens is 252 g/mol. The largest absolute Gasteiger partial charge is 0.496 e. The average Bonchev–Trinajstić information content (AvgIpc) is 2.35. The van der Waals surface area contributed by atoms with E-state index in [1.165, 1.54) is 19.2 Å². The number of nitrogens with zero attached hydrogens (tertiary/aromatic N) is 1. The quantitative estimate of drug-likeness (QED) is 0.609. The number of anilines is 1. The van der Waals surface area contributed by atoms with Crippen molar-refractivity contribution >= 4 is 23.1 Å². The zero-order chi connectivity index (χ0) is 13.5. The van der Waals surface area contributed by atoms with Gasteiger partial charge in [0.25, 0.3) is 5.69 Å². The molecule has 1 atom stereocenters. The number of nitro groups is 1. The minimum Gasteiger partial charge on any atom is -0.496 e. The molecule has 5 nitrogen and oxygen atoms in total. The third-order valence-electron chi connectivity index (χ3n) is 2.32. The van der Waals surface area contributed by atoms with Crippen LogP contribution in [0.4, 0.5) is 11.4 Å². The molecular formula is C12H18N2O3S. The highest BCUT2D eigenvalue weighted by Gasteiger charge is 2.11. The molecule has 0 aliphatic heterocycles. The SMILES string of the molecule is CCSCC(C)Nc1cc(OC)cc([N+](=O)[O-])c1. The summed E-state index contributed by atoms with van der Waals surface area (Å²) in [6.07, 6.45) is 0. The van der Waals surface area contributed by atoms with Crippen LogP contribution in [0.1, 0.15) is 13.8 Å². The summed E-state index contributed by atoms with van der Waals surface area (Å²) in [5, 5.41) is 14.0. The number of hydrogen-bond acceptors (Lipinski definition) is 5. The maximum absolute atomic E-state index is 10.8. The highest BCUT2D eigenvalue weighted by molar-refractivity contribution is 7.99. The molecule has 18 heavy (non-hydrogen) atoms. The fourth-order valence-corrected chi connectivity index (χ4v) is 2.18. The number of benzene rings is 1. The number of non-ortho nitro benzene ring substituents is 1. The van der Waals surface area contributed by atoms with Gasteiger partial charge in [0, 0.05) is 29.6 Å². The van der Waals surface area contributed by atoms with Crippen LogP contribution in [0.5, 0.6) is 5.75 Å². The van der Waals surface area contributed by atoms with Crippen molar-refractivity contribution in [2.45, 2.75) is 19.9 Å². The average molecular weight is 270 g/mol. The van der Waals surface area contributed by atoms with E-state index in [4.69, 9.17) is 4.74 Å². The van der Waals surface area contributed by atoms with Gasteiger partial charge >= 0.3 is 0 Å². The first kappa shape index (κ1) is 14.6. The second-order valence-corrected chi connectivity index (χ2v) is 5.20. The number of nitrogens with one attached hydrogen (secondary N) is 1. The third kappa shape index (κ3) is 4.44. The maximum Gasteiger partial charge on any atom is 0.275 e. The summed E-state index contributed by atoms with van der Waals surface area (Å²) in [5.74, 6) is 2.51. The lowest BCUT2D eigenvalue weighted by Crippen LogP contribution is -2.18. The van der Waals surface area contributed by atoms with Crippen molar-refractivity contribution in [2.75, 3.05) is 23.9 Å². The molecule has 0 amide bonds. The lowest BCUT2D eigenvalue weighted by Gasteiger charge is -2.15. The molecule has 1 N–H and O–H groups in total. The van der Waals surface area contributed by atoms with Gasteiger partial charge in [-0.1, -0.05) is 6.92 Å². The van der Waals surface area contributed by atoms with Crippen molar-refractivity contribution in [2.24, 2.45) is 0 Å². The highest BCUT2D eigenvalue weighted by atomic mass is 32.2. The van der Waals surface area contributed by atoms with Crippen LogP contribution in [0.3, 0.4) is 0 Å². The van der Waals surface area contributed by atoms with Gasteiger partial charge in [0.1, 0.15) is 5.75 Å². The molecule has 0 radical (unpaired) electrons. The van der Waals surface area contributed by atoms with Crippen molar-refractivity contribution in [3.05, 3.63) is 28.3 Å². The molecule has 0 aliphatic carbocycles. The van der Waals surface area contributed by atoms with Crippen molar-refractivity contribution < 1.29 is 9.66 Å². The second kappa shape index (κ2) is 7.10. The van der Waals surface area contributed by atoms with E-state index < -0.39 is 4.92 Å². The molecule has 0 aromatic heterocycles. The molecule has 0 saturated carbocycles. The van der Waals surface area contributed by atoms with Crippen LogP contribution >= 0.6 is 11.8 Å². The number of thioether (sulfide) groups is 1. The molecule has 0 aliphatic rings. The molecule has 0 bridgehead atoms. The number of ether oxygens (including phenoxy) is 1. The molecule has 1 rings (SSSR count). The lowest BCUT2D eigenvalue weighted by molar-refractivity contribution is -0.384. The van der Waals surface area contributed by atoms with Crippen LogP contribution in [0, 0.1) is 10.1 Å². The lowest BCUT2D eigenvalue weighted by atomic mass is 10.2. The molecule has 0 spiro atoms. The summed E-state index contributed by atoms with van der Waals surface area (Å²) in [7, 11) is 1.50. The van der Waals surface area contributed by atoms with Gasteiger partial charge in [-0.05, 0) is 12.7 Å². The Morgan fingerprint density at radius 1 is 1.50 bits per heavy atom. The summed E-state index contributed by atoms with van der Waals surface area (Å²) in [4.78, 5) is 10.4. The van der Waals surface area contributed by atoms with Gasteiger partial charge in [0.15, 0.2) is 0 Å². The summed E-state index contributed by atoms with van der Waals surface area (Å²) in [6.45, 7) is 4.15. The van der Waals surface area contributed by atoms with E-state index in [0.717, 1.165) is 11.5 Å². The second-order valence-electron chi connectivity index (χ2n) is 3.88. The van der Waals surface area contributed by atoms with Crippen molar-refractivity contribution in [3.63, 3.8) is 0 Å². The van der Waals surface area contributed by atoms with E-state index in [2.05, 4.69) is 12.2 Å². The van der Waals surface area contributed by atoms with Gasteiger partial charge in [0.2, 0.25) is 0 Å². The zero-order valence-electron chi connectivity index (χ0n) is 10.8. The van der Waals surface area contributed by atoms with Crippen LogP contribution < -0.4 is 10.1 Å². The number of methoxy groups -OCH3 is 1. The van der Waals surface area contributed by atoms with Crippen LogP contribution in [-0.2, 0) is 0 Å². The zero-order valence-corrected chi connectivity index (χ0v) is 11.6. The minimum absolute atomic E-state index is 0.0344. The first-order valence-corrected chi connectivity index (χ1v) is 6.90. The minimum atomic E-state index is -0.418. The molecule has 1 aromatic carbocycles. The Labute approximate surface area is 111 Å².